The van der Waals surface area contributed by atoms with E-state index in [0.29, 0.717) is 5.56 Å². The predicted molar refractivity (Wildman–Crippen MR) is 399 cm³/mol. The van der Waals surface area contributed by atoms with Gasteiger partial charge in [-0.25, -0.2) is 0 Å². The molecule has 12 aromatic carbocycles. The highest BCUT2D eigenvalue weighted by atomic mass is 16.3. The van der Waals surface area contributed by atoms with E-state index in [1.54, 1.807) is 0 Å². The van der Waals surface area contributed by atoms with Crippen molar-refractivity contribution in [1.82, 2.24) is 4.57 Å². The number of benzene rings is 12. The second-order valence-corrected chi connectivity index (χ2v) is 29.8. The van der Waals surface area contributed by atoms with Gasteiger partial charge < -0.3 is 18.8 Å². The Morgan fingerprint density at radius 1 is 0.344 bits per heavy atom. The SMILES string of the molecule is [2H]c1c([2H])c([2H])c(-c2ccc3c(c2)N(c2cc(-c4ccccc4)cc4oc5ccccc5c24)c2cc(C(C)(C)C)cc4c2B3c2ccc(-n3c5ccc(C(C)(C)C)cc5c5cc(C(C)(C)C)ccc53)cc2N4c2c(-c3ccccc3)cc(C(C)(C)C)cc2-c2ccccc2)c([2H])c1[2H]. The van der Waals surface area contributed by atoms with E-state index in [1.807, 2.05) is 24.3 Å². The Labute approximate surface area is 555 Å². The maximum Gasteiger partial charge on any atom is 0.252 e. The lowest BCUT2D eigenvalue weighted by Crippen LogP contribution is -2.61. The molecule has 0 bridgehead atoms. The van der Waals surface area contributed by atoms with E-state index >= 15 is 0 Å². The molecule has 0 fully saturated rings. The van der Waals surface area contributed by atoms with Crippen LogP contribution in [0.1, 0.15) is 112 Å². The molecule has 4 nitrogen and oxygen atoms in total. The molecule has 16 rings (SSSR count). The van der Waals surface area contributed by atoms with Gasteiger partial charge in [0.15, 0.2) is 0 Å². The summed E-state index contributed by atoms with van der Waals surface area (Å²) >= 11 is 0. The molecule has 14 aromatic rings. The van der Waals surface area contributed by atoms with Crippen molar-refractivity contribution in [2.45, 2.75) is 105 Å². The van der Waals surface area contributed by atoms with Gasteiger partial charge in [-0.1, -0.05) is 253 Å². The maximum absolute atomic E-state index is 9.51. The first kappa shape index (κ1) is 52.5. The zero-order valence-corrected chi connectivity index (χ0v) is 55.2. The highest BCUT2D eigenvalue weighted by Crippen LogP contribution is 2.55. The third-order valence-corrected chi connectivity index (χ3v) is 19.6. The van der Waals surface area contributed by atoms with Crippen molar-refractivity contribution >= 4 is 101 Å². The van der Waals surface area contributed by atoms with Gasteiger partial charge in [-0.3, -0.25) is 0 Å². The summed E-state index contributed by atoms with van der Waals surface area (Å²) in [5.41, 5.74) is 24.8. The summed E-state index contributed by atoms with van der Waals surface area (Å²) in [5.74, 6) is 0. The van der Waals surface area contributed by atoms with Crippen LogP contribution < -0.4 is 26.2 Å². The Balaban J connectivity index is 1.10. The molecule has 5 heteroatoms. The highest BCUT2D eigenvalue weighted by molar-refractivity contribution is 7.00. The standard InChI is InChI=1S/C88H78BN3O/c1-85(2,3)61-38-43-73-69(48-61)70-49-62(86(4,5)6)39-44-74(70)90(73)65-40-42-72-76(54-65)92(84-67(57-31-21-15-22-32-57)50-63(87(7,8)9)51-68(84)58-33-23-16-24-34-58)79-53-64(88(10,11)12)52-78-83(79)89(72)71-41-37-59(55-27-17-13-18-28-55)45-75(71)91(78)77-46-60(56-29-19-14-20-30-56)47-81-82(77)66-35-25-26-36-80(66)93-81/h13-54H,1-12H3/i13D,17D,18D,27D,28D. The Kier molecular flexibility index (Phi) is 12.0. The van der Waals surface area contributed by atoms with Crippen molar-refractivity contribution in [3.05, 3.63) is 277 Å². The number of aromatic nitrogens is 1. The van der Waals surface area contributed by atoms with Gasteiger partial charge in [-0.15, -0.1) is 0 Å². The van der Waals surface area contributed by atoms with Crippen molar-refractivity contribution in [3.63, 3.8) is 0 Å². The van der Waals surface area contributed by atoms with Crippen LogP contribution in [0.4, 0.5) is 34.1 Å². The second kappa shape index (κ2) is 21.2. The van der Waals surface area contributed by atoms with E-state index in [9.17, 15) is 2.74 Å². The topological polar surface area (TPSA) is 24.6 Å². The van der Waals surface area contributed by atoms with E-state index in [-0.39, 0.29) is 46.0 Å². The number of furan rings is 1. The zero-order valence-electron chi connectivity index (χ0n) is 60.2. The molecule has 454 valence electrons. The fourth-order valence-electron chi connectivity index (χ4n) is 14.6. The number of anilines is 6. The molecule has 2 aromatic heterocycles. The molecule has 0 amide bonds. The summed E-state index contributed by atoms with van der Waals surface area (Å²) in [6.07, 6.45) is 0. The van der Waals surface area contributed by atoms with Crippen molar-refractivity contribution in [2.24, 2.45) is 0 Å². The summed E-state index contributed by atoms with van der Waals surface area (Å²) < 4.78 is 55.3. The molecule has 0 radical (unpaired) electrons. The fourth-order valence-corrected chi connectivity index (χ4v) is 14.6. The Morgan fingerprint density at radius 3 is 1.41 bits per heavy atom. The van der Waals surface area contributed by atoms with Gasteiger partial charge in [-0.2, -0.15) is 0 Å². The molecule has 0 atom stereocenters. The van der Waals surface area contributed by atoms with Crippen LogP contribution >= 0.6 is 0 Å². The number of hydrogen-bond donors (Lipinski definition) is 0. The average Bonchev–Trinajstić information content (AvgIpc) is 0.793. The molecular formula is C88H78BN3O. The minimum atomic E-state index is -0.432. The smallest absolute Gasteiger partial charge is 0.252 e. The van der Waals surface area contributed by atoms with Crippen LogP contribution in [0.5, 0.6) is 0 Å². The van der Waals surface area contributed by atoms with Gasteiger partial charge in [0.1, 0.15) is 11.2 Å². The van der Waals surface area contributed by atoms with Gasteiger partial charge in [-0.05, 0) is 179 Å². The lowest BCUT2D eigenvalue weighted by molar-refractivity contribution is 0.590. The number of rotatable bonds is 7. The monoisotopic (exact) mass is 1210 g/mol. The van der Waals surface area contributed by atoms with Gasteiger partial charge in [0.2, 0.25) is 0 Å². The van der Waals surface area contributed by atoms with Gasteiger partial charge in [0, 0.05) is 55.7 Å². The van der Waals surface area contributed by atoms with Crippen LogP contribution in [-0.4, -0.2) is 11.3 Å². The van der Waals surface area contributed by atoms with Crippen LogP contribution in [-0.2, 0) is 21.7 Å². The zero-order chi connectivity index (χ0) is 68.4. The minimum absolute atomic E-state index is 0.0888. The summed E-state index contributed by atoms with van der Waals surface area (Å²) in [6, 6.07) is 80.6. The highest BCUT2D eigenvalue weighted by Gasteiger charge is 2.46. The summed E-state index contributed by atoms with van der Waals surface area (Å²) in [4.78, 5) is 5.04. The third-order valence-electron chi connectivity index (χ3n) is 19.6. The van der Waals surface area contributed by atoms with E-state index < -0.39 is 18.2 Å². The Morgan fingerprint density at radius 2 is 0.839 bits per heavy atom. The molecule has 93 heavy (non-hydrogen) atoms. The molecule has 0 unspecified atom stereocenters. The quantitative estimate of drug-likeness (QED) is 0.149. The van der Waals surface area contributed by atoms with Crippen LogP contribution in [0.2, 0.25) is 0 Å². The molecule has 4 heterocycles. The Hall–Kier alpha value is -10.1. The fraction of sp³-hybridized carbons (Fsp3) is 0.182. The molecule has 2 aliphatic heterocycles. The molecular weight excluding hydrogens is 1130 g/mol. The van der Waals surface area contributed by atoms with Crippen molar-refractivity contribution in [3.8, 4) is 50.2 Å². The molecule has 0 N–H and O–H groups in total. The van der Waals surface area contributed by atoms with Crippen LogP contribution in [0.15, 0.2) is 259 Å². The summed E-state index contributed by atoms with van der Waals surface area (Å²) in [7, 11) is 0. The molecule has 0 saturated carbocycles. The first-order chi connectivity index (χ1) is 46.7. The van der Waals surface area contributed by atoms with Crippen molar-refractivity contribution < 1.29 is 11.3 Å². The Bertz CT molecular complexity index is 5470. The lowest BCUT2D eigenvalue weighted by Gasteiger charge is -2.46. The lowest BCUT2D eigenvalue weighted by atomic mass is 9.33. The van der Waals surface area contributed by atoms with Crippen LogP contribution in [0.25, 0.3) is 93.9 Å². The predicted octanol–water partition coefficient (Wildman–Crippen LogP) is 22.6. The number of fused-ring (bicyclic) bond motifs is 10. The number of hydrogen-bond acceptors (Lipinski definition) is 3. The normalized spacial score (nSPS) is 14.1. The van der Waals surface area contributed by atoms with Crippen molar-refractivity contribution in [1.29, 1.82) is 0 Å². The molecule has 0 aliphatic carbocycles. The number of nitrogens with zero attached hydrogens (tertiary/aromatic N) is 3. The summed E-state index contributed by atoms with van der Waals surface area (Å²) in [6.45, 7) is 27.2. The van der Waals surface area contributed by atoms with Gasteiger partial charge >= 0.3 is 0 Å². The van der Waals surface area contributed by atoms with Crippen molar-refractivity contribution in [2.75, 3.05) is 9.80 Å². The van der Waals surface area contributed by atoms with E-state index in [2.05, 4.69) is 298 Å². The largest absolute Gasteiger partial charge is 0.456 e. The van der Waals surface area contributed by atoms with Gasteiger partial charge in [0.05, 0.1) is 34.6 Å². The summed E-state index contributed by atoms with van der Waals surface area (Å²) in [5, 5.41) is 4.30. The van der Waals surface area contributed by atoms with E-state index in [0.717, 1.165) is 128 Å². The molecule has 0 saturated heterocycles. The van der Waals surface area contributed by atoms with Crippen LogP contribution in [0, 0.1) is 0 Å². The second-order valence-electron chi connectivity index (χ2n) is 29.8. The van der Waals surface area contributed by atoms with E-state index in [1.165, 1.54) is 27.5 Å². The third kappa shape index (κ3) is 9.64. The maximum atomic E-state index is 9.51. The molecule has 2 aliphatic rings. The van der Waals surface area contributed by atoms with Gasteiger partial charge in [0.25, 0.3) is 6.71 Å². The van der Waals surface area contributed by atoms with Crippen LogP contribution in [0.3, 0.4) is 0 Å². The first-order valence-electron chi connectivity index (χ1n) is 35.3. The molecule has 0 spiro atoms. The minimum Gasteiger partial charge on any atom is -0.456 e. The number of para-hydroxylation sites is 1. The average molecular weight is 1210 g/mol. The van der Waals surface area contributed by atoms with E-state index in [4.69, 9.17) is 8.53 Å². The first-order valence-corrected chi connectivity index (χ1v) is 32.8.